The summed E-state index contributed by atoms with van der Waals surface area (Å²) >= 11 is 0. The van der Waals surface area contributed by atoms with Crippen LogP contribution in [-0.2, 0) is 10.4 Å². The minimum atomic E-state index is -5.17. The third-order valence-electron chi connectivity index (χ3n) is 0. The third-order valence-corrected chi connectivity index (χ3v) is 0. The molecule has 0 radical (unpaired) electrons. The van der Waals surface area contributed by atoms with Crippen molar-refractivity contribution in [2.75, 3.05) is 0 Å². The zero-order chi connectivity index (χ0) is 4.50. The Balaban J connectivity index is -0.00000000381. The summed E-state index contributed by atoms with van der Waals surface area (Å²) in [6, 6.07) is 0. The minimum Gasteiger partial charge on any atom is -0.759 e. The van der Waals surface area contributed by atoms with Crippen molar-refractivity contribution in [3.63, 3.8) is 0 Å². The van der Waals surface area contributed by atoms with E-state index in [1.54, 1.807) is 0 Å². The van der Waals surface area contributed by atoms with Crippen molar-refractivity contribution in [1.82, 2.24) is 24.6 Å². The van der Waals surface area contributed by atoms with Crippen molar-refractivity contribution in [2.45, 2.75) is 0 Å². The predicted molar refractivity (Wildman–Crippen MR) is 41.6 cm³/mol. The maximum Gasteiger partial charge on any atom is 4.00 e. The van der Waals surface area contributed by atoms with E-state index >= 15 is 0 Å². The van der Waals surface area contributed by atoms with Gasteiger partial charge in [0, 0.05) is 10.4 Å². The van der Waals surface area contributed by atoms with E-state index in [1.807, 2.05) is 0 Å². The second kappa shape index (κ2) is 29.6. The van der Waals surface area contributed by atoms with Gasteiger partial charge in [0.25, 0.3) is 0 Å². The van der Waals surface area contributed by atoms with Crippen molar-refractivity contribution < 1.29 is 70.2 Å². The molecular formula is H20CeN4O6S+6. The van der Waals surface area contributed by atoms with Crippen LogP contribution in [0.3, 0.4) is 0 Å². The molecule has 12 heavy (non-hydrogen) atoms. The van der Waals surface area contributed by atoms with Gasteiger partial charge in [-0.25, -0.2) is 0 Å². The first-order valence-corrected chi connectivity index (χ1v) is 2.00. The molecule has 0 heterocycles. The molecular weight excluding hydrogens is 324 g/mol. The van der Waals surface area contributed by atoms with E-state index in [0.717, 1.165) is 0 Å². The van der Waals surface area contributed by atoms with Gasteiger partial charge in [-0.15, -0.1) is 0 Å². The SMILES string of the molecule is O.O.O=S(=O)([O-])[O-].[Ce+4].[NH4+].[NH4+].[NH4+].[NH4+]. The molecule has 10 nitrogen and oxygen atoms in total. The summed E-state index contributed by atoms with van der Waals surface area (Å²) < 4.78 is 34.1. The van der Waals surface area contributed by atoms with Crippen LogP contribution >= 0.6 is 0 Å². The summed E-state index contributed by atoms with van der Waals surface area (Å²) in [4.78, 5) is 0. The van der Waals surface area contributed by atoms with E-state index in [2.05, 4.69) is 0 Å². The number of quaternary nitrogens is 4. The van der Waals surface area contributed by atoms with Crippen molar-refractivity contribution in [3.05, 3.63) is 0 Å². The molecule has 0 spiro atoms. The van der Waals surface area contributed by atoms with Gasteiger partial charge in [0.2, 0.25) is 0 Å². The molecule has 0 unspecified atom stereocenters. The smallest absolute Gasteiger partial charge is 0.759 e. The third kappa shape index (κ3) is 1090. The van der Waals surface area contributed by atoms with E-state index < -0.39 is 10.4 Å². The van der Waals surface area contributed by atoms with Crippen LogP contribution in [0.5, 0.6) is 0 Å². The Hall–Kier alpha value is 1.01. The number of hydrogen-bond acceptors (Lipinski definition) is 4. The molecule has 12 heteroatoms. The summed E-state index contributed by atoms with van der Waals surface area (Å²) in [5, 5.41) is 0. The van der Waals surface area contributed by atoms with Crippen molar-refractivity contribution in [2.24, 2.45) is 0 Å². The Labute approximate surface area is 104 Å². The standard InChI is InChI=1S/Ce.4H3N.H2O4S.2H2O/c;;;;;1-5(2,3)4;;/h;4*1H3;(H2,1,2,3,4);2*1H2/q+4;;;;;;;/p+2. The second-order valence-corrected chi connectivity index (χ2v) is 1.22. The Morgan fingerprint density at radius 1 is 0.750 bits per heavy atom. The normalized spacial score (nSPS) is 4.83. The molecule has 0 atom stereocenters. The van der Waals surface area contributed by atoms with E-state index in [0.29, 0.717) is 0 Å². The topological polar surface area (TPSA) is 289 Å². The van der Waals surface area contributed by atoms with Gasteiger partial charge in [0.15, 0.2) is 0 Å². The number of rotatable bonds is 0. The largest absolute Gasteiger partial charge is 4.00 e. The van der Waals surface area contributed by atoms with Gasteiger partial charge >= 0.3 is 41.7 Å². The fraction of sp³-hybridized carbons (Fsp3) is 0. The zero-order valence-corrected chi connectivity index (χ0v) is 11.5. The summed E-state index contributed by atoms with van der Waals surface area (Å²) in [6.07, 6.45) is 0. The monoisotopic (exact) mass is 344 g/mol. The van der Waals surface area contributed by atoms with Gasteiger partial charge in [0.05, 0.1) is 0 Å². The molecule has 0 aliphatic carbocycles. The first-order chi connectivity index (χ1) is 2.00. The molecule has 0 saturated heterocycles. The summed E-state index contributed by atoms with van der Waals surface area (Å²) in [6.45, 7) is 0. The molecule has 80 valence electrons. The second-order valence-electron chi connectivity index (χ2n) is 0.408. The molecule has 20 N–H and O–H groups in total. The average molecular weight is 344 g/mol. The Morgan fingerprint density at radius 2 is 0.750 bits per heavy atom. The zero-order valence-electron chi connectivity index (χ0n) is 7.54. The molecule has 0 fully saturated rings. The Kier molecular flexibility index (Phi) is 185. The van der Waals surface area contributed by atoms with E-state index in [4.69, 9.17) is 17.5 Å². The average Bonchev–Trinajstić information content (AvgIpc) is 0.722. The van der Waals surface area contributed by atoms with Crippen LogP contribution in [-0.4, -0.2) is 28.5 Å². The molecule has 0 aromatic rings. The first kappa shape index (κ1) is 74.8. The number of hydrogen-bond donors (Lipinski definition) is 4. The summed E-state index contributed by atoms with van der Waals surface area (Å²) in [5.74, 6) is 0. The van der Waals surface area contributed by atoms with Gasteiger partial charge in [-0.2, -0.15) is 0 Å². The Morgan fingerprint density at radius 3 is 0.750 bits per heavy atom. The molecule has 0 aliphatic heterocycles. The van der Waals surface area contributed by atoms with E-state index in [-0.39, 0.29) is 77.3 Å². The van der Waals surface area contributed by atoms with E-state index in [9.17, 15) is 0 Å². The van der Waals surface area contributed by atoms with Gasteiger partial charge in [-0.3, -0.25) is 8.42 Å². The maximum atomic E-state index is 8.52. The van der Waals surface area contributed by atoms with Crippen molar-refractivity contribution in [3.8, 4) is 0 Å². The molecule has 0 bridgehead atoms. The van der Waals surface area contributed by atoms with Gasteiger partial charge in [0.1, 0.15) is 0 Å². The minimum absolute atomic E-state index is 0. The maximum absolute atomic E-state index is 8.52. The van der Waals surface area contributed by atoms with Crippen LogP contribution in [0.4, 0.5) is 0 Å². The summed E-state index contributed by atoms with van der Waals surface area (Å²) in [5.41, 5.74) is 0. The first-order valence-electron chi connectivity index (χ1n) is 0.667. The van der Waals surface area contributed by atoms with Crippen LogP contribution in [0.15, 0.2) is 0 Å². The quantitative estimate of drug-likeness (QED) is 0.301. The molecule has 0 rings (SSSR count). The molecule has 0 aromatic heterocycles. The predicted octanol–water partition coefficient (Wildman–Crippen LogP) is -1.48. The van der Waals surface area contributed by atoms with Crippen molar-refractivity contribution in [1.29, 1.82) is 0 Å². The summed E-state index contributed by atoms with van der Waals surface area (Å²) in [7, 11) is -5.17. The van der Waals surface area contributed by atoms with Crippen LogP contribution in [0.25, 0.3) is 0 Å². The molecule has 0 saturated carbocycles. The van der Waals surface area contributed by atoms with Crippen LogP contribution in [0.1, 0.15) is 0 Å². The van der Waals surface area contributed by atoms with Gasteiger partial charge in [-0.1, -0.05) is 0 Å². The van der Waals surface area contributed by atoms with Crippen LogP contribution < -0.4 is 24.6 Å². The molecule has 0 aromatic carbocycles. The van der Waals surface area contributed by atoms with Crippen molar-refractivity contribution >= 4 is 10.4 Å². The van der Waals surface area contributed by atoms with Gasteiger partial charge < -0.3 is 44.7 Å². The Bertz CT molecular complexity index is 103. The van der Waals surface area contributed by atoms with Gasteiger partial charge in [-0.05, 0) is 0 Å². The van der Waals surface area contributed by atoms with E-state index in [1.165, 1.54) is 0 Å². The van der Waals surface area contributed by atoms with Crippen LogP contribution in [0.2, 0.25) is 0 Å². The molecule has 0 amide bonds. The van der Waals surface area contributed by atoms with Crippen LogP contribution in [0, 0.1) is 41.7 Å². The fourth-order valence-electron chi connectivity index (χ4n) is 0. The fourth-order valence-corrected chi connectivity index (χ4v) is 0. The molecule has 0 aliphatic rings.